The maximum Gasteiger partial charge on any atom is 0.132 e. The van der Waals surface area contributed by atoms with Gasteiger partial charge in [0.2, 0.25) is 0 Å². The van der Waals surface area contributed by atoms with Crippen LogP contribution in [0.3, 0.4) is 0 Å². The van der Waals surface area contributed by atoms with Gasteiger partial charge in [-0.25, -0.2) is 15.0 Å². The Morgan fingerprint density at radius 3 is 3.00 bits per heavy atom. The van der Waals surface area contributed by atoms with E-state index in [2.05, 4.69) is 32.5 Å². The molecule has 0 aliphatic carbocycles. The molecule has 5 nitrogen and oxygen atoms in total. The number of aromatic nitrogens is 3. The van der Waals surface area contributed by atoms with Gasteiger partial charge in [-0.15, -0.1) is 11.3 Å². The Labute approximate surface area is 129 Å². The number of hydrogen-bond acceptors (Lipinski definition) is 6. The zero-order valence-electron chi connectivity index (χ0n) is 12.4. The van der Waals surface area contributed by atoms with Gasteiger partial charge in [0.1, 0.15) is 12.1 Å². The van der Waals surface area contributed by atoms with Crippen molar-refractivity contribution in [3.8, 4) is 0 Å². The first kappa shape index (κ1) is 14.4. The lowest BCUT2D eigenvalue weighted by Crippen LogP contribution is -2.16. The third kappa shape index (κ3) is 3.57. The standard InChI is InChI=1S/C15H21N5S/c1-11-14(21-10-20-11)3-2-6-17-15-12-4-7-16-8-5-13(12)18-9-19-15/h9-10,16H,2-8H2,1H3,(H,17,18,19). The fraction of sp³-hybridized carbons (Fsp3) is 0.533. The Morgan fingerprint density at radius 1 is 1.24 bits per heavy atom. The number of aryl methyl sites for hydroxylation is 2. The predicted octanol–water partition coefficient (Wildman–Crippen LogP) is 1.97. The van der Waals surface area contributed by atoms with Gasteiger partial charge in [0.15, 0.2) is 0 Å². The maximum absolute atomic E-state index is 4.43. The number of hydrogen-bond donors (Lipinski definition) is 2. The molecule has 3 heterocycles. The highest BCUT2D eigenvalue weighted by molar-refractivity contribution is 7.09. The minimum absolute atomic E-state index is 0.939. The Kier molecular flexibility index (Phi) is 4.77. The van der Waals surface area contributed by atoms with Gasteiger partial charge in [-0.2, -0.15) is 0 Å². The van der Waals surface area contributed by atoms with Gasteiger partial charge in [0.25, 0.3) is 0 Å². The van der Waals surface area contributed by atoms with E-state index in [1.165, 1.54) is 21.8 Å². The van der Waals surface area contributed by atoms with Gasteiger partial charge in [0.05, 0.1) is 16.9 Å². The van der Waals surface area contributed by atoms with Crippen LogP contribution in [0.2, 0.25) is 0 Å². The molecule has 0 amide bonds. The van der Waals surface area contributed by atoms with Crippen molar-refractivity contribution in [2.75, 3.05) is 25.0 Å². The van der Waals surface area contributed by atoms with Gasteiger partial charge in [0, 0.05) is 30.0 Å². The summed E-state index contributed by atoms with van der Waals surface area (Å²) in [5.74, 6) is 1.02. The zero-order valence-corrected chi connectivity index (χ0v) is 13.2. The molecule has 0 saturated heterocycles. The number of nitrogens with zero attached hydrogens (tertiary/aromatic N) is 3. The molecule has 0 aromatic carbocycles. The quantitative estimate of drug-likeness (QED) is 0.827. The van der Waals surface area contributed by atoms with Crippen molar-refractivity contribution in [1.29, 1.82) is 0 Å². The molecule has 0 fully saturated rings. The molecule has 112 valence electrons. The van der Waals surface area contributed by atoms with E-state index in [9.17, 15) is 0 Å². The van der Waals surface area contributed by atoms with Crippen molar-refractivity contribution < 1.29 is 0 Å². The second-order valence-electron chi connectivity index (χ2n) is 5.29. The van der Waals surface area contributed by atoms with Crippen molar-refractivity contribution in [1.82, 2.24) is 20.3 Å². The summed E-state index contributed by atoms with van der Waals surface area (Å²) in [7, 11) is 0. The number of fused-ring (bicyclic) bond motifs is 1. The highest BCUT2D eigenvalue weighted by Gasteiger charge is 2.13. The van der Waals surface area contributed by atoms with Crippen LogP contribution in [0.4, 0.5) is 5.82 Å². The topological polar surface area (TPSA) is 62.7 Å². The van der Waals surface area contributed by atoms with Gasteiger partial charge in [-0.3, -0.25) is 0 Å². The molecule has 2 N–H and O–H groups in total. The van der Waals surface area contributed by atoms with E-state index in [0.29, 0.717) is 0 Å². The van der Waals surface area contributed by atoms with Crippen LogP contribution in [-0.2, 0) is 19.3 Å². The molecule has 0 bridgehead atoms. The molecule has 21 heavy (non-hydrogen) atoms. The highest BCUT2D eigenvalue weighted by Crippen LogP contribution is 2.19. The van der Waals surface area contributed by atoms with Crippen LogP contribution < -0.4 is 10.6 Å². The molecule has 0 saturated carbocycles. The highest BCUT2D eigenvalue weighted by atomic mass is 32.1. The van der Waals surface area contributed by atoms with Gasteiger partial charge in [-0.1, -0.05) is 0 Å². The van der Waals surface area contributed by atoms with Gasteiger partial charge < -0.3 is 10.6 Å². The number of thiazole rings is 1. The maximum atomic E-state index is 4.43. The van der Waals surface area contributed by atoms with Crippen LogP contribution >= 0.6 is 11.3 Å². The summed E-state index contributed by atoms with van der Waals surface area (Å²) < 4.78 is 0. The van der Waals surface area contributed by atoms with Crippen molar-refractivity contribution >= 4 is 17.2 Å². The Balaban J connectivity index is 1.57. The van der Waals surface area contributed by atoms with E-state index < -0.39 is 0 Å². The summed E-state index contributed by atoms with van der Waals surface area (Å²) in [6.45, 7) is 5.04. The Bertz CT molecular complexity index is 595. The van der Waals surface area contributed by atoms with Crippen LogP contribution in [0, 0.1) is 6.92 Å². The molecule has 0 radical (unpaired) electrons. The minimum Gasteiger partial charge on any atom is -0.370 e. The molecule has 2 aromatic heterocycles. The lowest BCUT2D eigenvalue weighted by atomic mass is 10.1. The Hall–Kier alpha value is -1.53. The fourth-order valence-electron chi connectivity index (χ4n) is 2.65. The van der Waals surface area contributed by atoms with Crippen molar-refractivity contribution in [2.24, 2.45) is 0 Å². The summed E-state index contributed by atoms with van der Waals surface area (Å²) in [6, 6.07) is 0. The van der Waals surface area contributed by atoms with E-state index in [4.69, 9.17) is 0 Å². The second kappa shape index (κ2) is 6.95. The summed E-state index contributed by atoms with van der Waals surface area (Å²) in [5, 5.41) is 6.90. The number of rotatable bonds is 5. The molecule has 0 atom stereocenters. The normalized spacial score (nSPS) is 14.5. The van der Waals surface area contributed by atoms with Crippen molar-refractivity contribution in [3.63, 3.8) is 0 Å². The number of anilines is 1. The van der Waals surface area contributed by atoms with E-state index in [-0.39, 0.29) is 0 Å². The molecule has 1 aliphatic rings. The van der Waals surface area contributed by atoms with E-state index in [1.54, 1.807) is 17.7 Å². The smallest absolute Gasteiger partial charge is 0.132 e. The largest absolute Gasteiger partial charge is 0.370 e. The first-order chi connectivity index (χ1) is 10.3. The third-order valence-electron chi connectivity index (χ3n) is 3.84. The molecule has 2 aromatic rings. The minimum atomic E-state index is 0.939. The summed E-state index contributed by atoms with van der Waals surface area (Å²) in [5.41, 5.74) is 5.57. The summed E-state index contributed by atoms with van der Waals surface area (Å²) in [6.07, 6.45) is 5.86. The van der Waals surface area contributed by atoms with E-state index in [1.807, 2.05) is 5.51 Å². The number of nitrogens with one attached hydrogen (secondary N) is 2. The van der Waals surface area contributed by atoms with Gasteiger partial charge >= 0.3 is 0 Å². The molecule has 6 heteroatoms. The van der Waals surface area contributed by atoms with Crippen LogP contribution in [0.1, 0.15) is 28.2 Å². The monoisotopic (exact) mass is 303 g/mol. The second-order valence-corrected chi connectivity index (χ2v) is 6.23. The fourth-order valence-corrected chi connectivity index (χ4v) is 3.47. The van der Waals surface area contributed by atoms with Gasteiger partial charge in [-0.05, 0) is 32.7 Å². The molecule has 1 aliphatic heterocycles. The van der Waals surface area contributed by atoms with E-state index in [0.717, 1.165) is 51.1 Å². The zero-order chi connectivity index (χ0) is 14.5. The van der Waals surface area contributed by atoms with Crippen LogP contribution in [0.5, 0.6) is 0 Å². The molecular weight excluding hydrogens is 282 g/mol. The molecule has 0 spiro atoms. The average molecular weight is 303 g/mol. The lowest BCUT2D eigenvalue weighted by Gasteiger charge is -2.12. The van der Waals surface area contributed by atoms with Crippen LogP contribution in [0.25, 0.3) is 0 Å². The molecular formula is C15H21N5S. The molecule has 3 rings (SSSR count). The average Bonchev–Trinajstić information content (AvgIpc) is 2.76. The van der Waals surface area contributed by atoms with Crippen molar-refractivity contribution in [2.45, 2.75) is 32.6 Å². The first-order valence-electron chi connectivity index (χ1n) is 7.51. The Morgan fingerprint density at radius 2 is 2.14 bits per heavy atom. The summed E-state index contributed by atoms with van der Waals surface area (Å²) in [4.78, 5) is 14.5. The predicted molar refractivity (Wildman–Crippen MR) is 86.0 cm³/mol. The van der Waals surface area contributed by atoms with E-state index >= 15 is 0 Å². The lowest BCUT2D eigenvalue weighted by molar-refractivity contribution is 0.708. The van der Waals surface area contributed by atoms with Crippen LogP contribution in [0.15, 0.2) is 11.8 Å². The molecule has 0 unspecified atom stereocenters. The van der Waals surface area contributed by atoms with Crippen molar-refractivity contribution in [3.05, 3.63) is 33.7 Å². The van der Waals surface area contributed by atoms with Crippen LogP contribution in [-0.4, -0.2) is 34.6 Å². The third-order valence-corrected chi connectivity index (χ3v) is 4.84. The SMILES string of the molecule is Cc1ncsc1CCCNc1ncnc2c1CCNCC2. The first-order valence-corrected chi connectivity index (χ1v) is 8.39. The summed E-state index contributed by atoms with van der Waals surface area (Å²) >= 11 is 1.75.